The monoisotopic (exact) mass is 426 g/mol. The fraction of sp³-hybridized carbons (Fsp3) is 0.350. The Bertz CT molecular complexity index is 957. The van der Waals surface area contributed by atoms with Gasteiger partial charge in [0.1, 0.15) is 5.75 Å². The first-order chi connectivity index (χ1) is 13.1. The van der Waals surface area contributed by atoms with E-state index >= 15 is 0 Å². The number of carbonyl (C=O) groups excluding carboxylic acids is 1. The number of hydrogen-bond acceptors (Lipinski definition) is 3. The van der Waals surface area contributed by atoms with E-state index in [1.54, 1.807) is 7.11 Å². The zero-order valence-corrected chi connectivity index (χ0v) is 16.5. The minimum atomic E-state index is -0.422. The molecule has 138 valence electrons. The zero-order valence-electron chi connectivity index (χ0n) is 14.9. The van der Waals surface area contributed by atoms with Crippen molar-refractivity contribution in [1.82, 2.24) is 4.90 Å². The lowest BCUT2D eigenvalue weighted by molar-refractivity contribution is 0.0525. The minimum Gasteiger partial charge on any atom is -0.497 e. The summed E-state index contributed by atoms with van der Waals surface area (Å²) < 4.78 is 6.21. The Morgan fingerprint density at radius 1 is 1.37 bits per heavy atom. The Labute approximate surface area is 165 Å². The molecule has 1 aliphatic heterocycles. The van der Waals surface area contributed by atoms with E-state index in [1.165, 1.54) is 0 Å². The van der Waals surface area contributed by atoms with Crippen molar-refractivity contribution >= 4 is 21.8 Å². The highest BCUT2D eigenvalue weighted by molar-refractivity contribution is 9.10. The van der Waals surface area contributed by atoms with Gasteiger partial charge < -0.3 is 9.64 Å². The first-order valence-corrected chi connectivity index (χ1v) is 9.66. The van der Waals surface area contributed by atoms with Gasteiger partial charge in [0.05, 0.1) is 12.6 Å². The molecule has 2 aromatic rings. The smallest absolute Gasteiger partial charge is 0.255 e. The quantitative estimate of drug-likeness (QED) is 0.383. The molecule has 2 atom stereocenters. The van der Waals surface area contributed by atoms with E-state index in [9.17, 15) is 4.79 Å². The number of ether oxygens (including phenoxy) is 1. The molecule has 7 heteroatoms. The first kappa shape index (κ1) is 17.9. The van der Waals surface area contributed by atoms with E-state index in [0.29, 0.717) is 13.0 Å². The van der Waals surface area contributed by atoms with Crippen molar-refractivity contribution < 1.29 is 9.53 Å². The van der Waals surface area contributed by atoms with E-state index < -0.39 is 5.54 Å². The maximum absolute atomic E-state index is 13.3. The Morgan fingerprint density at radius 2 is 2.22 bits per heavy atom. The third-order valence-corrected chi connectivity index (χ3v) is 6.12. The molecule has 6 nitrogen and oxygen atoms in total. The highest BCUT2D eigenvalue weighted by Crippen LogP contribution is 2.51. The van der Waals surface area contributed by atoms with Gasteiger partial charge in [-0.15, -0.1) is 0 Å². The molecular weight excluding hydrogens is 408 g/mol. The lowest BCUT2D eigenvalue weighted by Crippen LogP contribution is -2.41. The van der Waals surface area contributed by atoms with Crippen LogP contribution in [0.3, 0.4) is 0 Å². The van der Waals surface area contributed by atoms with Crippen LogP contribution in [-0.2, 0) is 12.1 Å². The summed E-state index contributed by atoms with van der Waals surface area (Å²) in [5, 5.41) is 3.94. The second kappa shape index (κ2) is 6.91. The molecule has 1 heterocycles. The molecule has 0 aromatic heterocycles. The number of hydrogen-bond donors (Lipinski definition) is 0. The lowest BCUT2D eigenvalue weighted by Gasteiger charge is -2.36. The van der Waals surface area contributed by atoms with Gasteiger partial charge in [-0.3, -0.25) is 4.79 Å². The maximum atomic E-state index is 13.3. The summed E-state index contributed by atoms with van der Waals surface area (Å²) >= 11 is 3.48. The molecule has 1 aliphatic carbocycles. The van der Waals surface area contributed by atoms with Crippen LogP contribution in [0.15, 0.2) is 52.1 Å². The number of benzene rings is 2. The molecule has 1 saturated carbocycles. The van der Waals surface area contributed by atoms with Gasteiger partial charge in [0.25, 0.3) is 5.91 Å². The molecule has 4 rings (SSSR count). The van der Waals surface area contributed by atoms with Crippen LogP contribution in [0.4, 0.5) is 0 Å². The van der Waals surface area contributed by atoms with Crippen LogP contribution in [0.25, 0.3) is 10.4 Å². The third-order valence-electron chi connectivity index (χ3n) is 5.63. The van der Waals surface area contributed by atoms with Crippen molar-refractivity contribution in [3.05, 3.63) is 74.1 Å². The number of azide groups is 1. The van der Waals surface area contributed by atoms with E-state index in [2.05, 4.69) is 26.0 Å². The summed E-state index contributed by atoms with van der Waals surface area (Å²) in [5.74, 6) is 0.794. The van der Waals surface area contributed by atoms with Gasteiger partial charge in [-0.25, -0.2) is 0 Å². The summed E-state index contributed by atoms with van der Waals surface area (Å²) in [7, 11) is 1.64. The van der Waals surface area contributed by atoms with Crippen molar-refractivity contribution in [2.24, 2.45) is 5.11 Å². The lowest BCUT2D eigenvalue weighted by atomic mass is 9.87. The summed E-state index contributed by atoms with van der Waals surface area (Å²) in [6.45, 7) is 0.491. The summed E-state index contributed by atoms with van der Waals surface area (Å²) in [6.07, 6.45) is 2.23. The summed E-state index contributed by atoms with van der Waals surface area (Å²) in [4.78, 5) is 18.2. The molecule has 1 fully saturated rings. The van der Waals surface area contributed by atoms with Crippen LogP contribution >= 0.6 is 15.9 Å². The summed E-state index contributed by atoms with van der Waals surface area (Å²) in [5.41, 5.74) is 11.2. The van der Waals surface area contributed by atoms with E-state index in [0.717, 1.165) is 39.8 Å². The number of fused-ring (bicyclic) bond motifs is 2. The largest absolute Gasteiger partial charge is 0.497 e. The molecule has 27 heavy (non-hydrogen) atoms. The van der Waals surface area contributed by atoms with E-state index in [4.69, 9.17) is 10.3 Å². The van der Waals surface area contributed by atoms with Gasteiger partial charge in [-0.05, 0) is 60.2 Å². The van der Waals surface area contributed by atoms with Crippen LogP contribution in [-0.4, -0.2) is 24.0 Å². The SMILES string of the molecule is COc1cccc(CN2C(=O)c3cc(Br)ccc3C23CCC(N=[N+]=[N-])C3)c1. The van der Waals surface area contributed by atoms with E-state index in [-0.39, 0.29) is 11.9 Å². The van der Waals surface area contributed by atoms with Crippen LogP contribution < -0.4 is 4.74 Å². The predicted molar refractivity (Wildman–Crippen MR) is 105 cm³/mol. The Hall–Kier alpha value is -2.50. The van der Waals surface area contributed by atoms with Crippen LogP contribution in [0.1, 0.15) is 40.7 Å². The van der Waals surface area contributed by atoms with E-state index in [1.807, 2.05) is 47.4 Å². The Balaban J connectivity index is 1.77. The molecule has 0 N–H and O–H groups in total. The predicted octanol–water partition coefficient (Wildman–Crippen LogP) is 5.17. The number of carbonyl (C=O) groups is 1. The molecule has 2 unspecified atom stereocenters. The van der Waals surface area contributed by atoms with Gasteiger partial charge in [0.2, 0.25) is 0 Å². The average Bonchev–Trinajstić information content (AvgIpc) is 3.18. The van der Waals surface area contributed by atoms with Crippen molar-refractivity contribution in [3.63, 3.8) is 0 Å². The number of methoxy groups -OCH3 is 1. The molecule has 1 spiro atoms. The highest BCUT2D eigenvalue weighted by atomic mass is 79.9. The molecule has 2 aromatic carbocycles. The molecule has 0 radical (unpaired) electrons. The molecule has 2 aliphatic rings. The van der Waals surface area contributed by atoms with Gasteiger partial charge in [-0.2, -0.15) is 0 Å². The third kappa shape index (κ3) is 2.97. The fourth-order valence-corrected chi connectivity index (χ4v) is 4.78. The first-order valence-electron chi connectivity index (χ1n) is 8.86. The number of rotatable bonds is 4. The van der Waals surface area contributed by atoms with Crippen LogP contribution in [0.5, 0.6) is 5.75 Å². The topological polar surface area (TPSA) is 78.3 Å². The van der Waals surface area contributed by atoms with Crippen LogP contribution in [0, 0.1) is 0 Å². The Kier molecular flexibility index (Phi) is 4.58. The maximum Gasteiger partial charge on any atom is 0.255 e. The molecular formula is C20H19BrN4O2. The number of amides is 1. The fourth-order valence-electron chi connectivity index (χ4n) is 4.42. The van der Waals surface area contributed by atoms with Gasteiger partial charge in [-0.1, -0.05) is 39.2 Å². The van der Waals surface area contributed by atoms with Crippen molar-refractivity contribution in [2.75, 3.05) is 7.11 Å². The second-order valence-electron chi connectivity index (χ2n) is 7.07. The molecule has 1 amide bonds. The average molecular weight is 427 g/mol. The second-order valence-corrected chi connectivity index (χ2v) is 7.98. The van der Waals surface area contributed by atoms with Crippen LogP contribution in [0.2, 0.25) is 0 Å². The number of nitrogens with zero attached hydrogens (tertiary/aromatic N) is 4. The Morgan fingerprint density at radius 3 is 3.00 bits per heavy atom. The number of halogens is 1. The van der Waals surface area contributed by atoms with Crippen molar-refractivity contribution in [3.8, 4) is 5.75 Å². The van der Waals surface area contributed by atoms with Gasteiger partial charge in [0.15, 0.2) is 0 Å². The van der Waals surface area contributed by atoms with Crippen molar-refractivity contribution in [2.45, 2.75) is 37.4 Å². The van der Waals surface area contributed by atoms with Gasteiger partial charge >= 0.3 is 0 Å². The standard InChI is InChI=1S/C20H19BrN4O2/c1-27-16-4-2-3-13(9-16)12-25-19(26)17-10-14(21)5-6-18(17)20(25)8-7-15(11-20)23-24-22/h2-6,9-10,15H,7-8,11-12H2,1H3. The molecule has 0 saturated heterocycles. The summed E-state index contributed by atoms with van der Waals surface area (Å²) in [6, 6.07) is 13.6. The normalized spacial score (nSPS) is 23.4. The highest BCUT2D eigenvalue weighted by Gasteiger charge is 2.53. The molecule has 0 bridgehead atoms. The van der Waals surface area contributed by atoms with Gasteiger partial charge in [0, 0.05) is 27.5 Å². The zero-order chi connectivity index (χ0) is 19.0. The van der Waals surface area contributed by atoms with Crippen molar-refractivity contribution in [1.29, 1.82) is 0 Å². The minimum absolute atomic E-state index is 0.0238.